The molecule has 0 aliphatic rings. The number of carbonyl (C=O) groups excluding carboxylic acids is 1. The Morgan fingerprint density at radius 1 is 1.36 bits per heavy atom. The van der Waals surface area contributed by atoms with Gasteiger partial charge in [0.15, 0.2) is 11.0 Å². The molecule has 2 aromatic heterocycles. The molecule has 0 saturated carbocycles. The molecular weight excluding hydrogens is 336 g/mol. The summed E-state index contributed by atoms with van der Waals surface area (Å²) < 4.78 is 7.37. The third-order valence-electron chi connectivity index (χ3n) is 4.11. The summed E-state index contributed by atoms with van der Waals surface area (Å²) >= 11 is 1.42. The summed E-state index contributed by atoms with van der Waals surface area (Å²) in [5.74, 6) is 1.99. The number of carbonyl (C=O) groups is 1. The van der Waals surface area contributed by atoms with Crippen LogP contribution in [0.5, 0.6) is 0 Å². The van der Waals surface area contributed by atoms with E-state index in [-0.39, 0.29) is 11.9 Å². The lowest BCUT2D eigenvalue weighted by molar-refractivity contribution is -0.119. The molecule has 1 amide bonds. The summed E-state index contributed by atoms with van der Waals surface area (Å²) in [6, 6.07) is 2.11. The first-order chi connectivity index (χ1) is 12.1. The molecule has 1 N–H and O–H groups in total. The Morgan fingerprint density at radius 2 is 2.16 bits per heavy atom. The Labute approximate surface area is 153 Å². The second kappa shape index (κ2) is 9.65. The van der Waals surface area contributed by atoms with Gasteiger partial charge in [0.1, 0.15) is 5.76 Å². The molecule has 0 bridgehead atoms. The quantitative estimate of drug-likeness (QED) is 0.509. The number of aryl methyl sites for hydroxylation is 1. The van der Waals surface area contributed by atoms with Gasteiger partial charge < -0.3 is 14.3 Å². The summed E-state index contributed by atoms with van der Waals surface area (Å²) in [6.07, 6.45) is 6.24. The molecule has 6 nitrogen and oxygen atoms in total. The predicted octanol–water partition coefficient (Wildman–Crippen LogP) is 4.04. The number of rotatable bonds is 10. The highest BCUT2D eigenvalue weighted by molar-refractivity contribution is 7.99. The number of nitrogens with zero attached hydrogens (tertiary/aromatic N) is 3. The van der Waals surface area contributed by atoms with Crippen molar-refractivity contribution >= 4 is 17.7 Å². The zero-order chi connectivity index (χ0) is 18.2. The van der Waals surface area contributed by atoms with Gasteiger partial charge in [-0.05, 0) is 33.3 Å². The lowest BCUT2D eigenvalue weighted by Crippen LogP contribution is -2.33. The number of thioether (sulfide) groups is 1. The fourth-order valence-electron chi connectivity index (χ4n) is 2.72. The van der Waals surface area contributed by atoms with Crippen molar-refractivity contribution in [3.8, 4) is 11.4 Å². The van der Waals surface area contributed by atoms with E-state index >= 15 is 0 Å². The summed E-state index contributed by atoms with van der Waals surface area (Å²) in [4.78, 5) is 12.1. The molecule has 2 heterocycles. The lowest BCUT2D eigenvalue weighted by Gasteiger charge is -2.13. The Bertz CT molecular complexity index is 680. The minimum absolute atomic E-state index is 0.0423. The SMILES string of the molecule is CCCCCC(C)NC(=O)CSc1nnc(-c2ccoc2C)n1CC. The fraction of sp³-hybridized carbons (Fsp3) is 0.611. The van der Waals surface area contributed by atoms with Crippen LogP contribution in [0.3, 0.4) is 0 Å². The lowest BCUT2D eigenvalue weighted by atomic mass is 10.1. The van der Waals surface area contributed by atoms with Gasteiger partial charge in [0, 0.05) is 12.6 Å². The molecule has 0 aliphatic heterocycles. The first kappa shape index (κ1) is 19.6. The largest absolute Gasteiger partial charge is 0.469 e. The molecule has 138 valence electrons. The van der Waals surface area contributed by atoms with Crippen LogP contribution in [-0.4, -0.2) is 32.5 Å². The van der Waals surface area contributed by atoms with E-state index in [4.69, 9.17) is 4.42 Å². The average molecular weight is 365 g/mol. The van der Waals surface area contributed by atoms with E-state index < -0.39 is 0 Å². The monoisotopic (exact) mass is 364 g/mol. The first-order valence-electron chi connectivity index (χ1n) is 8.96. The van der Waals surface area contributed by atoms with Crippen molar-refractivity contribution in [1.29, 1.82) is 0 Å². The van der Waals surface area contributed by atoms with Crippen LogP contribution in [-0.2, 0) is 11.3 Å². The number of hydrogen-bond acceptors (Lipinski definition) is 5. The molecule has 7 heteroatoms. The van der Waals surface area contributed by atoms with Gasteiger partial charge in [-0.2, -0.15) is 0 Å². The Balaban J connectivity index is 1.92. The molecule has 2 aromatic rings. The van der Waals surface area contributed by atoms with Gasteiger partial charge >= 0.3 is 0 Å². The maximum atomic E-state index is 12.1. The average Bonchev–Trinajstić information content (AvgIpc) is 3.18. The summed E-state index contributed by atoms with van der Waals surface area (Å²) in [5, 5.41) is 12.3. The van der Waals surface area contributed by atoms with Gasteiger partial charge in [-0.3, -0.25) is 4.79 Å². The van der Waals surface area contributed by atoms with Crippen molar-refractivity contribution in [1.82, 2.24) is 20.1 Å². The molecule has 0 aromatic carbocycles. The van der Waals surface area contributed by atoms with Gasteiger partial charge in [-0.1, -0.05) is 37.9 Å². The van der Waals surface area contributed by atoms with E-state index in [2.05, 4.69) is 29.4 Å². The van der Waals surface area contributed by atoms with Crippen LogP contribution in [0, 0.1) is 6.92 Å². The predicted molar refractivity (Wildman–Crippen MR) is 101 cm³/mol. The van der Waals surface area contributed by atoms with Crippen molar-refractivity contribution in [2.24, 2.45) is 0 Å². The summed E-state index contributed by atoms with van der Waals surface area (Å²) in [6.45, 7) is 8.94. The maximum Gasteiger partial charge on any atom is 0.230 e. The Morgan fingerprint density at radius 3 is 2.80 bits per heavy atom. The number of aromatic nitrogens is 3. The Kier molecular flexibility index (Phi) is 7.55. The van der Waals surface area contributed by atoms with Crippen LogP contribution in [0.4, 0.5) is 0 Å². The van der Waals surface area contributed by atoms with E-state index in [1.54, 1.807) is 6.26 Å². The molecule has 0 radical (unpaired) electrons. The zero-order valence-corrected chi connectivity index (χ0v) is 16.4. The molecule has 1 unspecified atom stereocenters. The van der Waals surface area contributed by atoms with E-state index in [1.165, 1.54) is 24.6 Å². The van der Waals surface area contributed by atoms with Gasteiger partial charge in [-0.15, -0.1) is 10.2 Å². The van der Waals surface area contributed by atoms with Crippen LogP contribution in [0.15, 0.2) is 21.9 Å². The second-order valence-electron chi connectivity index (χ2n) is 6.19. The topological polar surface area (TPSA) is 73.0 Å². The van der Waals surface area contributed by atoms with Crippen molar-refractivity contribution in [2.75, 3.05) is 5.75 Å². The van der Waals surface area contributed by atoms with Gasteiger partial charge in [0.2, 0.25) is 5.91 Å². The standard InChI is InChI=1S/C18H28N4O2S/c1-5-7-8-9-13(3)19-16(23)12-25-18-21-20-17(22(18)6-2)15-10-11-24-14(15)4/h10-11,13H,5-9,12H2,1-4H3,(H,19,23). The number of amides is 1. The molecule has 0 saturated heterocycles. The minimum atomic E-state index is 0.0423. The van der Waals surface area contributed by atoms with Gasteiger partial charge in [0.05, 0.1) is 17.6 Å². The van der Waals surface area contributed by atoms with Gasteiger partial charge in [0.25, 0.3) is 0 Å². The van der Waals surface area contributed by atoms with E-state index in [0.717, 1.165) is 41.7 Å². The number of hydrogen-bond donors (Lipinski definition) is 1. The van der Waals surface area contributed by atoms with Crippen LogP contribution < -0.4 is 5.32 Å². The maximum absolute atomic E-state index is 12.1. The summed E-state index contributed by atoms with van der Waals surface area (Å²) in [5.41, 5.74) is 0.940. The highest BCUT2D eigenvalue weighted by atomic mass is 32.2. The highest BCUT2D eigenvalue weighted by Gasteiger charge is 2.17. The third kappa shape index (κ3) is 5.36. The minimum Gasteiger partial charge on any atom is -0.469 e. The van der Waals surface area contributed by atoms with Crippen LogP contribution >= 0.6 is 11.8 Å². The molecule has 2 rings (SSSR count). The molecule has 0 aliphatic carbocycles. The molecule has 25 heavy (non-hydrogen) atoms. The smallest absolute Gasteiger partial charge is 0.230 e. The van der Waals surface area contributed by atoms with Crippen molar-refractivity contribution in [3.63, 3.8) is 0 Å². The number of unbranched alkanes of at least 4 members (excludes halogenated alkanes) is 2. The normalized spacial score (nSPS) is 12.3. The van der Waals surface area contributed by atoms with Gasteiger partial charge in [-0.25, -0.2) is 0 Å². The third-order valence-corrected chi connectivity index (χ3v) is 5.08. The first-order valence-corrected chi connectivity index (χ1v) is 9.95. The molecule has 0 spiro atoms. The van der Waals surface area contributed by atoms with Crippen molar-refractivity contribution in [2.45, 2.75) is 71.1 Å². The van der Waals surface area contributed by atoms with Crippen LogP contribution in [0.25, 0.3) is 11.4 Å². The molecular formula is C18H28N4O2S. The Hall–Kier alpha value is -1.76. The van der Waals surface area contributed by atoms with Crippen molar-refractivity contribution in [3.05, 3.63) is 18.1 Å². The van der Waals surface area contributed by atoms with Crippen LogP contribution in [0.2, 0.25) is 0 Å². The van der Waals surface area contributed by atoms with E-state index in [9.17, 15) is 4.79 Å². The molecule has 1 atom stereocenters. The zero-order valence-electron chi connectivity index (χ0n) is 15.5. The van der Waals surface area contributed by atoms with E-state index in [1.807, 2.05) is 24.5 Å². The second-order valence-corrected chi connectivity index (χ2v) is 7.14. The van der Waals surface area contributed by atoms with Crippen molar-refractivity contribution < 1.29 is 9.21 Å². The highest BCUT2D eigenvalue weighted by Crippen LogP contribution is 2.26. The van der Waals surface area contributed by atoms with Crippen LogP contribution in [0.1, 0.15) is 52.2 Å². The fourth-order valence-corrected chi connectivity index (χ4v) is 3.53. The van der Waals surface area contributed by atoms with E-state index in [0.29, 0.717) is 5.75 Å². The number of nitrogens with one attached hydrogen (secondary N) is 1. The number of furan rings is 1. The molecule has 0 fully saturated rings. The summed E-state index contributed by atoms with van der Waals surface area (Å²) in [7, 11) is 0.